The minimum atomic E-state index is -4.00. The quantitative estimate of drug-likeness (QED) is 0.317. The second-order valence-corrected chi connectivity index (χ2v) is 11.1. The van der Waals surface area contributed by atoms with E-state index in [9.17, 15) is 8.42 Å². The van der Waals surface area contributed by atoms with Crippen molar-refractivity contribution in [3.63, 3.8) is 0 Å². The number of aromatic nitrogens is 3. The summed E-state index contributed by atoms with van der Waals surface area (Å²) in [6.45, 7) is 8.08. The van der Waals surface area contributed by atoms with Gasteiger partial charge in [-0.2, -0.15) is 9.78 Å². The van der Waals surface area contributed by atoms with E-state index in [-0.39, 0.29) is 26.8 Å². The largest absolute Gasteiger partial charge is 0.382 e. The van der Waals surface area contributed by atoms with Gasteiger partial charge in [-0.3, -0.25) is 0 Å². The van der Waals surface area contributed by atoms with Gasteiger partial charge in [-0.15, -0.1) is 0 Å². The number of nitrogens with two attached hydrogens (primary N) is 1. The Bertz CT molecular complexity index is 1750. The molecular formula is C28H27N5O2S. The van der Waals surface area contributed by atoms with Crippen molar-refractivity contribution in [2.75, 3.05) is 5.73 Å². The van der Waals surface area contributed by atoms with Crippen molar-refractivity contribution >= 4 is 44.1 Å². The summed E-state index contributed by atoms with van der Waals surface area (Å²) in [6, 6.07) is 20.4. The summed E-state index contributed by atoms with van der Waals surface area (Å²) in [5.41, 5.74) is 12.1. The van der Waals surface area contributed by atoms with Crippen molar-refractivity contribution in [3.8, 4) is 0 Å². The van der Waals surface area contributed by atoms with Gasteiger partial charge in [0.25, 0.3) is 0 Å². The predicted molar refractivity (Wildman–Crippen MR) is 144 cm³/mol. The second kappa shape index (κ2) is 8.87. The summed E-state index contributed by atoms with van der Waals surface area (Å²) in [6.07, 6.45) is 1.64. The zero-order valence-electron chi connectivity index (χ0n) is 20.6. The number of hydrogen-bond acceptors (Lipinski definition) is 6. The van der Waals surface area contributed by atoms with Crippen molar-refractivity contribution < 1.29 is 8.42 Å². The molecule has 0 atom stereocenters. The van der Waals surface area contributed by atoms with E-state index in [0.29, 0.717) is 17.0 Å². The Morgan fingerprint density at radius 2 is 1.58 bits per heavy atom. The highest BCUT2D eigenvalue weighted by Gasteiger charge is 2.30. The van der Waals surface area contributed by atoms with Gasteiger partial charge >= 0.3 is 0 Å². The third-order valence-corrected chi connectivity index (χ3v) is 8.23. The minimum Gasteiger partial charge on any atom is -0.382 e. The molecule has 2 N–H and O–H groups in total. The molecule has 7 nitrogen and oxygen atoms in total. The molecule has 0 saturated heterocycles. The lowest BCUT2D eigenvalue weighted by molar-refractivity contribution is 0.597. The van der Waals surface area contributed by atoms with Crippen molar-refractivity contribution in [1.29, 1.82) is 0 Å². The van der Waals surface area contributed by atoms with Gasteiger partial charge in [0.05, 0.1) is 22.1 Å². The van der Waals surface area contributed by atoms with Gasteiger partial charge in [-0.25, -0.2) is 18.4 Å². The standard InChI is InChI=1S/C28H27N5O2S/c1-17(2)21-12-10-20(11-13-21)16-30-33-27(29)26(36(34,35)22-14-9-18(3)19(4)15-22)25-28(33)32-24-8-6-5-7-23(24)31-25/h5-17H,29H2,1-4H3. The van der Waals surface area contributed by atoms with Gasteiger partial charge in [-0.1, -0.05) is 56.3 Å². The van der Waals surface area contributed by atoms with Gasteiger partial charge < -0.3 is 5.73 Å². The number of fused-ring (bicyclic) bond motifs is 2. The number of aryl methyl sites for hydroxylation is 2. The molecule has 2 heterocycles. The third-order valence-electron chi connectivity index (χ3n) is 6.41. The molecule has 0 bridgehead atoms. The van der Waals surface area contributed by atoms with Gasteiger partial charge in [-0.05, 0) is 66.3 Å². The van der Waals surface area contributed by atoms with Crippen LogP contribution in [0.5, 0.6) is 0 Å². The summed E-state index contributed by atoms with van der Waals surface area (Å²) in [7, 11) is -4.00. The van der Waals surface area contributed by atoms with Crippen LogP contribution in [0.1, 0.15) is 42.0 Å². The van der Waals surface area contributed by atoms with E-state index in [0.717, 1.165) is 16.7 Å². The SMILES string of the molecule is Cc1ccc(S(=O)(=O)c2c(N)n(N=Cc3ccc(C(C)C)cc3)c3nc4ccccc4nc23)cc1C. The first-order chi connectivity index (χ1) is 17.2. The number of nitrogen functional groups attached to an aromatic ring is 1. The van der Waals surface area contributed by atoms with E-state index in [1.807, 2.05) is 56.3 Å². The van der Waals surface area contributed by atoms with Crippen LogP contribution in [0.3, 0.4) is 0 Å². The highest BCUT2D eigenvalue weighted by molar-refractivity contribution is 7.92. The summed E-state index contributed by atoms with van der Waals surface area (Å²) in [5, 5.41) is 4.54. The Kier molecular flexibility index (Phi) is 5.84. The highest BCUT2D eigenvalue weighted by atomic mass is 32.2. The van der Waals surface area contributed by atoms with E-state index in [1.54, 1.807) is 30.5 Å². The van der Waals surface area contributed by atoms with Crippen LogP contribution in [-0.2, 0) is 9.84 Å². The molecule has 0 spiro atoms. The van der Waals surface area contributed by atoms with E-state index < -0.39 is 9.84 Å². The summed E-state index contributed by atoms with van der Waals surface area (Å²) >= 11 is 0. The lowest BCUT2D eigenvalue weighted by Crippen LogP contribution is -2.07. The minimum absolute atomic E-state index is 0.0337. The number of nitrogens with zero attached hydrogens (tertiary/aromatic N) is 4. The summed E-state index contributed by atoms with van der Waals surface area (Å²) < 4.78 is 29.0. The second-order valence-electron chi connectivity index (χ2n) is 9.23. The molecule has 0 amide bonds. The fraction of sp³-hybridized carbons (Fsp3) is 0.179. The topological polar surface area (TPSA) is 103 Å². The third kappa shape index (κ3) is 4.03. The Morgan fingerprint density at radius 3 is 2.22 bits per heavy atom. The predicted octanol–water partition coefficient (Wildman–Crippen LogP) is 5.62. The van der Waals surface area contributed by atoms with Crippen molar-refractivity contribution in [2.45, 2.75) is 43.4 Å². The van der Waals surface area contributed by atoms with Crippen molar-refractivity contribution in [3.05, 3.63) is 89.0 Å². The van der Waals surface area contributed by atoms with Gasteiger partial charge in [0.2, 0.25) is 9.84 Å². The van der Waals surface area contributed by atoms with Crippen LogP contribution < -0.4 is 5.73 Å². The molecule has 36 heavy (non-hydrogen) atoms. The normalized spacial score (nSPS) is 12.4. The van der Waals surface area contributed by atoms with Crippen LogP contribution in [-0.4, -0.2) is 29.3 Å². The Labute approximate surface area is 210 Å². The van der Waals surface area contributed by atoms with E-state index in [2.05, 4.69) is 28.9 Å². The van der Waals surface area contributed by atoms with Crippen LogP contribution in [0.15, 0.2) is 81.6 Å². The van der Waals surface area contributed by atoms with Crippen LogP contribution in [0.25, 0.3) is 22.2 Å². The molecule has 0 saturated carbocycles. The first-order valence-electron chi connectivity index (χ1n) is 11.7. The Hall–Kier alpha value is -4.04. The maximum atomic E-state index is 13.8. The Balaban J connectivity index is 1.73. The zero-order valence-corrected chi connectivity index (χ0v) is 21.4. The van der Waals surface area contributed by atoms with Gasteiger partial charge in [0.1, 0.15) is 16.2 Å². The number of rotatable bonds is 5. The number of para-hydroxylation sites is 2. The molecule has 5 rings (SSSR count). The number of sulfone groups is 1. The maximum absolute atomic E-state index is 13.8. The monoisotopic (exact) mass is 497 g/mol. The number of benzene rings is 3. The zero-order chi connectivity index (χ0) is 25.6. The number of hydrogen-bond donors (Lipinski definition) is 1. The first kappa shape index (κ1) is 23.7. The maximum Gasteiger partial charge on any atom is 0.212 e. The molecule has 3 aromatic carbocycles. The molecule has 0 aliphatic heterocycles. The van der Waals surface area contributed by atoms with Crippen LogP contribution in [0.4, 0.5) is 5.82 Å². The van der Waals surface area contributed by atoms with Crippen LogP contribution in [0.2, 0.25) is 0 Å². The van der Waals surface area contributed by atoms with Crippen LogP contribution in [0, 0.1) is 13.8 Å². The lowest BCUT2D eigenvalue weighted by atomic mass is 10.0. The molecule has 0 aliphatic carbocycles. The molecule has 0 aliphatic rings. The molecule has 8 heteroatoms. The van der Waals surface area contributed by atoms with E-state index in [1.165, 1.54) is 10.2 Å². The fourth-order valence-corrected chi connectivity index (χ4v) is 5.66. The van der Waals surface area contributed by atoms with Gasteiger partial charge in [0.15, 0.2) is 5.65 Å². The lowest BCUT2D eigenvalue weighted by Gasteiger charge is -2.07. The molecule has 2 aromatic heterocycles. The smallest absolute Gasteiger partial charge is 0.212 e. The Morgan fingerprint density at radius 1 is 0.917 bits per heavy atom. The molecule has 0 unspecified atom stereocenters. The first-order valence-corrected chi connectivity index (χ1v) is 13.2. The van der Waals surface area contributed by atoms with Crippen molar-refractivity contribution in [1.82, 2.24) is 14.6 Å². The molecule has 0 fully saturated rings. The van der Waals surface area contributed by atoms with Crippen molar-refractivity contribution in [2.24, 2.45) is 5.10 Å². The summed E-state index contributed by atoms with van der Waals surface area (Å²) in [4.78, 5) is 9.41. The fourth-order valence-electron chi connectivity index (χ4n) is 4.09. The van der Waals surface area contributed by atoms with Gasteiger partial charge in [0, 0.05) is 0 Å². The van der Waals surface area contributed by atoms with E-state index >= 15 is 0 Å². The highest BCUT2D eigenvalue weighted by Crippen LogP contribution is 2.35. The average Bonchev–Trinajstić information content (AvgIpc) is 3.13. The molecular weight excluding hydrogens is 470 g/mol. The molecule has 0 radical (unpaired) electrons. The molecule has 182 valence electrons. The number of anilines is 1. The van der Waals surface area contributed by atoms with E-state index in [4.69, 9.17) is 5.73 Å². The average molecular weight is 498 g/mol. The summed E-state index contributed by atoms with van der Waals surface area (Å²) in [5.74, 6) is 0.385. The van der Waals surface area contributed by atoms with Crippen LogP contribution >= 0.6 is 0 Å². The molecule has 5 aromatic rings.